The molecule has 28 heavy (non-hydrogen) atoms. The Balaban J connectivity index is 1.51. The topological polar surface area (TPSA) is 48.7 Å². The molecule has 0 radical (unpaired) electrons. The highest BCUT2D eigenvalue weighted by Gasteiger charge is 2.27. The summed E-state index contributed by atoms with van der Waals surface area (Å²) in [6.07, 6.45) is 0.890. The van der Waals surface area contributed by atoms with Crippen LogP contribution in [0.4, 0.5) is 5.69 Å². The van der Waals surface area contributed by atoms with Gasteiger partial charge in [-0.3, -0.25) is 4.79 Å². The Bertz CT molecular complexity index is 998. The molecule has 1 atom stereocenters. The van der Waals surface area contributed by atoms with Crippen LogP contribution in [0.3, 0.4) is 0 Å². The van der Waals surface area contributed by atoms with E-state index in [0.717, 1.165) is 46.8 Å². The van der Waals surface area contributed by atoms with Gasteiger partial charge in [-0.25, -0.2) is 0 Å². The molecule has 1 amide bonds. The van der Waals surface area contributed by atoms with Crippen molar-refractivity contribution in [2.45, 2.75) is 19.0 Å². The van der Waals surface area contributed by atoms with Gasteiger partial charge in [0.2, 0.25) is 0 Å². The van der Waals surface area contributed by atoms with Gasteiger partial charge in [0, 0.05) is 47.3 Å². The highest BCUT2D eigenvalue weighted by atomic mass is 35.5. The number of carbonyl (C=O) groups excluding carboxylic acids is 1. The van der Waals surface area contributed by atoms with E-state index in [1.54, 1.807) is 0 Å². The van der Waals surface area contributed by atoms with Crippen LogP contribution in [0.1, 0.15) is 22.5 Å². The predicted molar refractivity (Wildman–Crippen MR) is 113 cm³/mol. The third kappa shape index (κ3) is 3.86. The first kappa shape index (κ1) is 18.8. The van der Waals surface area contributed by atoms with Gasteiger partial charge < -0.3 is 19.5 Å². The van der Waals surface area contributed by atoms with Crippen molar-refractivity contribution in [3.8, 4) is 0 Å². The Labute approximate surface area is 169 Å². The van der Waals surface area contributed by atoms with E-state index in [-0.39, 0.29) is 11.9 Å². The van der Waals surface area contributed by atoms with Crippen molar-refractivity contribution in [2.24, 2.45) is 0 Å². The molecule has 3 aromatic rings. The Hall–Kier alpha value is -2.50. The molecule has 5 nitrogen and oxygen atoms in total. The molecule has 0 aliphatic carbocycles. The van der Waals surface area contributed by atoms with Crippen LogP contribution in [0.25, 0.3) is 11.0 Å². The predicted octanol–water partition coefficient (Wildman–Crippen LogP) is 4.16. The number of hydrogen-bond acceptors (Lipinski definition) is 4. The molecule has 0 spiro atoms. The lowest BCUT2D eigenvalue weighted by molar-refractivity contribution is 0.0912. The van der Waals surface area contributed by atoms with Gasteiger partial charge in [-0.15, -0.1) is 0 Å². The van der Waals surface area contributed by atoms with Crippen molar-refractivity contribution >= 4 is 34.2 Å². The third-order valence-corrected chi connectivity index (χ3v) is 5.31. The summed E-state index contributed by atoms with van der Waals surface area (Å²) in [5.74, 6) is 0.266. The molecule has 0 bridgehead atoms. The summed E-state index contributed by atoms with van der Waals surface area (Å²) < 4.78 is 5.93. The van der Waals surface area contributed by atoms with Gasteiger partial charge in [0.15, 0.2) is 5.76 Å². The minimum Gasteiger partial charge on any atom is -0.451 e. The van der Waals surface area contributed by atoms with E-state index < -0.39 is 0 Å². The molecule has 1 N–H and O–H groups in total. The molecule has 2 aromatic carbocycles. The fourth-order valence-corrected chi connectivity index (χ4v) is 3.98. The van der Waals surface area contributed by atoms with Gasteiger partial charge in [-0.2, -0.15) is 0 Å². The molecule has 1 unspecified atom stereocenters. The largest absolute Gasteiger partial charge is 0.451 e. The van der Waals surface area contributed by atoms with Crippen molar-refractivity contribution < 1.29 is 9.21 Å². The fourth-order valence-electron chi connectivity index (χ4n) is 3.79. The average Bonchev–Trinajstić information content (AvgIpc) is 3.27. The number of anilines is 1. The molecule has 1 saturated heterocycles. The van der Waals surface area contributed by atoms with Crippen molar-refractivity contribution in [1.29, 1.82) is 0 Å². The van der Waals surface area contributed by atoms with Crippen LogP contribution >= 0.6 is 11.6 Å². The standard InChI is InChI=1S/C22H24ClN3O2/c1-25(2)14-19-18-8-3-4-9-20(18)28-21(19)22(27)24-16-10-11-26(13-16)17-7-5-6-15(23)12-17/h3-9,12,16H,10-11,13-14H2,1-2H3,(H,24,27). The van der Waals surface area contributed by atoms with E-state index >= 15 is 0 Å². The maximum absolute atomic E-state index is 13.0. The molecule has 6 heteroatoms. The van der Waals surface area contributed by atoms with Crippen LogP contribution in [-0.2, 0) is 6.54 Å². The minimum absolute atomic E-state index is 0.0758. The average molecular weight is 398 g/mol. The third-order valence-electron chi connectivity index (χ3n) is 5.08. The summed E-state index contributed by atoms with van der Waals surface area (Å²) in [6.45, 7) is 2.30. The number of furan rings is 1. The summed E-state index contributed by atoms with van der Waals surface area (Å²) in [5.41, 5.74) is 2.76. The molecule has 1 aliphatic heterocycles. The van der Waals surface area contributed by atoms with Gasteiger partial charge in [-0.05, 0) is 44.8 Å². The highest BCUT2D eigenvalue weighted by Crippen LogP contribution is 2.28. The molecule has 146 valence electrons. The van der Waals surface area contributed by atoms with Crippen LogP contribution in [-0.4, -0.2) is 44.0 Å². The number of nitrogens with zero attached hydrogens (tertiary/aromatic N) is 2. The van der Waals surface area contributed by atoms with Crippen molar-refractivity contribution in [1.82, 2.24) is 10.2 Å². The second-order valence-electron chi connectivity index (χ2n) is 7.53. The van der Waals surface area contributed by atoms with E-state index in [2.05, 4.69) is 10.2 Å². The number of amides is 1. The van der Waals surface area contributed by atoms with Crippen molar-refractivity contribution in [3.05, 3.63) is 64.9 Å². The number of fused-ring (bicyclic) bond motifs is 1. The van der Waals surface area contributed by atoms with Crippen LogP contribution in [0.15, 0.2) is 52.9 Å². The number of hydrogen-bond donors (Lipinski definition) is 1. The van der Waals surface area contributed by atoms with Gasteiger partial charge in [0.1, 0.15) is 5.58 Å². The Morgan fingerprint density at radius 2 is 2.07 bits per heavy atom. The van der Waals surface area contributed by atoms with Crippen molar-refractivity contribution in [2.75, 3.05) is 32.1 Å². The first-order valence-corrected chi connectivity index (χ1v) is 9.85. The van der Waals surface area contributed by atoms with E-state index in [0.29, 0.717) is 12.3 Å². The Morgan fingerprint density at radius 1 is 1.25 bits per heavy atom. The van der Waals surface area contributed by atoms with E-state index in [1.807, 2.05) is 67.5 Å². The second kappa shape index (κ2) is 7.86. The number of rotatable bonds is 5. The zero-order valence-corrected chi connectivity index (χ0v) is 16.9. The van der Waals surface area contributed by atoms with E-state index in [1.165, 1.54) is 0 Å². The molecule has 2 heterocycles. The van der Waals surface area contributed by atoms with Crippen LogP contribution in [0.2, 0.25) is 5.02 Å². The van der Waals surface area contributed by atoms with Crippen LogP contribution in [0.5, 0.6) is 0 Å². The number of nitrogens with one attached hydrogen (secondary N) is 1. The summed E-state index contributed by atoms with van der Waals surface area (Å²) in [7, 11) is 3.98. The van der Waals surface area contributed by atoms with Gasteiger partial charge >= 0.3 is 0 Å². The Kier molecular flexibility index (Phi) is 5.29. The number of carbonyl (C=O) groups is 1. The molecule has 1 aliphatic rings. The number of halogens is 1. The minimum atomic E-state index is -0.147. The molecule has 0 saturated carbocycles. The quantitative estimate of drug-likeness (QED) is 0.702. The lowest BCUT2D eigenvalue weighted by atomic mass is 10.1. The van der Waals surface area contributed by atoms with Crippen molar-refractivity contribution in [3.63, 3.8) is 0 Å². The van der Waals surface area contributed by atoms with Crippen LogP contribution < -0.4 is 10.2 Å². The maximum Gasteiger partial charge on any atom is 0.287 e. The van der Waals surface area contributed by atoms with E-state index in [9.17, 15) is 4.79 Å². The summed E-state index contributed by atoms with van der Waals surface area (Å²) in [4.78, 5) is 17.3. The first-order valence-electron chi connectivity index (χ1n) is 9.48. The molecule has 1 fully saturated rings. The SMILES string of the molecule is CN(C)Cc1c(C(=O)NC2CCN(c3cccc(Cl)c3)C2)oc2ccccc12. The van der Waals surface area contributed by atoms with Crippen LogP contribution in [0, 0.1) is 0 Å². The molecular weight excluding hydrogens is 374 g/mol. The molecule has 1 aromatic heterocycles. The van der Waals surface area contributed by atoms with E-state index in [4.69, 9.17) is 16.0 Å². The van der Waals surface area contributed by atoms with Gasteiger partial charge in [0.25, 0.3) is 5.91 Å². The zero-order valence-electron chi connectivity index (χ0n) is 16.1. The summed E-state index contributed by atoms with van der Waals surface area (Å²) in [5, 5.41) is 4.87. The number of para-hydroxylation sites is 1. The monoisotopic (exact) mass is 397 g/mol. The first-order chi connectivity index (χ1) is 13.5. The maximum atomic E-state index is 13.0. The fraction of sp³-hybridized carbons (Fsp3) is 0.318. The number of benzene rings is 2. The van der Waals surface area contributed by atoms with Gasteiger partial charge in [-0.1, -0.05) is 35.9 Å². The highest BCUT2D eigenvalue weighted by molar-refractivity contribution is 6.30. The molecular formula is C22H24ClN3O2. The smallest absolute Gasteiger partial charge is 0.287 e. The summed E-state index contributed by atoms with van der Waals surface area (Å²) >= 11 is 6.11. The normalized spacial score (nSPS) is 16.9. The lowest BCUT2D eigenvalue weighted by Gasteiger charge is -2.19. The molecule has 4 rings (SSSR count). The Morgan fingerprint density at radius 3 is 2.86 bits per heavy atom. The lowest BCUT2D eigenvalue weighted by Crippen LogP contribution is -2.37. The zero-order chi connectivity index (χ0) is 19.7. The second-order valence-corrected chi connectivity index (χ2v) is 7.97. The van der Waals surface area contributed by atoms with Gasteiger partial charge in [0.05, 0.1) is 0 Å². The summed E-state index contributed by atoms with van der Waals surface area (Å²) in [6, 6.07) is 15.7.